The number of rotatable bonds is 2. The van der Waals surface area contributed by atoms with E-state index in [0.717, 1.165) is 5.57 Å². The van der Waals surface area contributed by atoms with Crippen molar-refractivity contribution < 1.29 is 19.5 Å². The van der Waals surface area contributed by atoms with Gasteiger partial charge in [-0.1, -0.05) is 18.2 Å². The second-order valence-corrected chi connectivity index (χ2v) is 5.03. The van der Waals surface area contributed by atoms with E-state index in [0.29, 0.717) is 17.0 Å². The van der Waals surface area contributed by atoms with Crippen LogP contribution in [0, 0.1) is 5.41 Å². The average molecular weight is 272 g/mol. The van der Waals surface area contributed by atoms with Crippen molar-refractivity contribution in [3.05, 3.63) is 46.8 Å². The Hall–Kier alpha value is -2.63. The molecule has 2 aliphatic carbocycles. The molecule has 0 aromatic rings. The molecule has 0 spiro atoms. The molecule has 1 aliphatic heterocycles. The number of fused-ring (bicyclic) bond motifs is 2. The highest BCUT2D eigenvalue weighted by Crippen LogP contribution is 2.45. The lowest BCUT2D eigenvalue weighted by Crippen LogP contribution is -2.43. The summed E-state index contributed by atoms with van der Waals surface area (Å²) >= 11 is 0. The maximum atomic E-state index is 12.0. The molecule has 1 unspecified atom stereocenters. The lowest BCUT2D eigenvalue weighted by Gasteiger charge is -2.30. The Kier molecular flexibility index (Phi) is 2.44. The SMILES string of the molecule is CC1(C(=O)C(=O)O)C=CC=C2C=C3NCC(=O)NC3=C21. The highest BCUT2D eigenvalue weighted by molar-refractivity contribution is 6.36. The fourth-order valence-electron chi connectivity index (χ4n) is 2.74. The van der Waals surface area contributed by atoms with Gasteiger partial charge < -0.3 is 15.7 Å². The Labute approximate surface area is 114 Å². The Morgan fingerprint density at radius 3 is 2.85 bits per heavy atom. The van der Waals surface area contributed by atoms with E-state index in [4.69, 9.17) is 5.11 Å². The summed E-state index contributed by atoms with van der Waals surface area (Å²) in [7, 11) is 0. The zero-order valence-corrected chi connectivity index (χ0v) is 10.7. The number of carboxylic acids is 1. The summed E-state index contributed by atoms with van der Waals surface area (Å²) in [6, 6.07) is 0. The fraction of sp³-hybridized carbons (Fsp3) is 0.214. The standard InChI is InChI=1S/C14H12N2O4/c1-14(12(18)13(19)20)4-2-3-7-5-8-11(10(7)14)16-9(17)6-15-8/h2-5,15H,6H2,1H3,(H,16,17)(H,19,20). The number of carbonyl (C=O) groups excluding carboxylic acids is 2. The van der Waals surface area contributed by atoms with E-state index in [-0.39, 0.29) is 12.5 Å². The Bertz CT molecular complexity index is 681. The summed E-state index contributed by atoms with van der Waals surface area (Å²) in [6.45, 7) is 1.71. The predicted octanol–water partition coefficient (Wildman–Crippen LogP) is 0.0136. The first-order valence-corrected chi connectivity index (χ1v) is 6.11. The summed E-state index contributed by atoms with van der Waals surface area (Å²) in [4.78, 5) is 34.6. The van der Waals surface area contributed by atoms with Crippen LogP contribution in [0.15, 0.2) is 46.8 Å². The van der Waals surface area contributed by atoms with Crippen molar-refractivity contribution in [2.75, 3.05) is 6.54 Å². The van der Waals surface area contributed by atoms with E-state index >= 15 is 0 Å². The number of nitrogens with one attached hydrogen (secondary N) is 2. The van der Waals surface area contributed by atoms with Crippen molar-refractivity contribution in [2.45, 2.75) is 6.92 Å². The fourth-order valence-corrected chi connectivity index (χ4v) is 2.74. The molecule has 1 fully saturated rings. The number of allylic oxidation sites excluding steroid dienone is 6. The summed E-state index contributed by atoms with van der Waals surface area (Å²) in [5.74, 6) is -2.63. The molecule has 0 aromatic carbocycles. The van der Waals surface area contributed by atoms with Crippen LogP contribution in [0.3, 0.4) is 0 Å². The van der Waals surface area contributed by atoms with E-state index in [1.807, 2.05) is 0 Å². The minimum Gasteiger partial charge on any atom is -0.475 e. The van der Waals surface area contributed by atoms with Gasteiger partial charge in [-0.05, 0) is 18.6 Å². The third-order valence-electron chi connectivity index (χ3n) is 3.70. The maximum Gasteiger partial charge on any atom is 0.373 e. The molecule has 3 aliphatic rings. The van der Waals surface area contributed by atoms with Crippen molar-refractivity contribution in [2.24, 2.45) is 5.41 Å². The van der Waals surface area contributed by atoms with Gasteiger partial charge in [-0.15, -0.1) is 0 Å². The van der Waals surface area contributed by atoms with Gasteiger partial charge in [-0.25, -0.2) is 4.79 Å². The molecule has 6 nitrogen and oxygen atoms in total. The molecular formula is C14H12N2O4. The number of aliphatic carboxylic acids is 1. The molecule has 0 aromatic heterocycles. The number of carboxylic acid groups (broad SMARTS) is 1. The number of carbonyl (C=O) groups is 3. The Morgan fingerprint density at radius 2 is 2.15 bits per heavy atom. The van der Waals surface area contributed by atoms with Crippen LogP contribution >= 0.6 is 0 Å². The minimum absolute atomic E-state index is 0.160. The van der Waals surface area contributed by atoms with Crippen LogP contribution in [-0.2, 0) is 14.4 Å². The molecule has 20 heavy (non-hydrogen) atoms. The first-order chi connectivity index (χ1) is 9.43. The topological polar surface area (TPSA) is 95.5 Å². The zero-order chi connectivity index (χ0) is 14.5. The lowest BCUT2D eigenvalue weighted by atomic mass is 9.72. The molecule has 3 rings (SSSR count). The maximum absolute atomic E-state index is 12.0. The molecule has 1 atom stereocenters. The average Bonchev–Trinajstić information content (AvgIpc) is 2.77. The van der Waals surface area contributed by atoms with Crippen molar-refractivity contribution in [1.82, 2.24) is 10.6 Å². The van der Waals surface area contributed by atoms with Crippen molar-refractivity contribution >= 4 is 17.7 Å². The van der Waals surface area contributed by atoms with Gasteiger partial charge >= 0.3 is 5.97 Å². The van der Waals surface area contributed by atoms with Gasteiger partial charge in [0.25, 0.3) is 5.78 Å². The molecular weight excluding hydrogens is 260 g/mol. The molecule has 6 heteroatoms. The van der Waals surface area contributed by atoms with Crippen LogP contribution in [0.5, 0.6) is 0 Å². The second-order valence-electron chi connectivity index (χ2n) is 5.03. The minimum atomic E-state index is -1.49. The monoisotopic (exact) mass is 272 g/mol. The molecule has 0 radical (unpaired) electrons. The number of hydrogen-bond donors (Lipinski definition) is 3. The van der Waals surface area contributed by atoms with Gasteiger partial charge in [0.1, 0.15) is 0 Å². The quantitative estimate of drug-likeness (QED) is 0.616. The highest BCUT2D eigenvalue weighted by Gasteiger charge is 2.45. The molecule has 1 amide bonds. The third kappa shape index (κ3) is 1.54. The van der Waals surface area contributed by atoms with Crippen LogP contribution in [0.1, 0.15) is 6.92 Å². The van der Waals surface area contributed by atoms with Crippen LogP contribution in [-0.4, -0.2) is 29.3 Å². The molecule has 3 N–H and O–H groups in total. The van der Waals surface area contributed by atoms with Crippen LogP contribution in [0.25, 0.3) is 0 Å². The predicted molar refractivity (Wildman–Crippen MR) is 69.2 cm³/mol. The molecule has 1 saturated heterocycles. The van der Waals surface area contributed by atoms with Crippen molar-refractivity contribution in [3.8, 4) is 0 Å². The Balaban J connectivity index is 2.17. The van der Waals surface area contributed by atoms with Crippen LogP contribution < -0.4 is 10.6 Å². The van der Waals surface area contributed by atoms with Gasteiger partial charge in [0.05, 0.1) is 23.4 Å². The highest BCUT2D eigenvalue weighted by atomic mass is 16.4. The number of ketones is 1. The number of piperazine rings is 1. The van der Waals surface area contributed by atoms with Gasteiger partial charge in [0.2, 0.25) is 5.91 Å². The normalized spacial score (nSPS) is 26.9. The first-order valence-electron chi connectivity index (χ1n) is 6.11. The molecule has 1 heterocycles. The Morgan fingerprint density at radius 1 is 1.40 bits per heavy atom. The zero-order valence-electron chi connectivity index (χ0n) is 10.7. The number of Topliss-reactive ketones (excluding diaryl/α,β-unsaturated/α-hetero) is 1. The van der Waals surface area contributed by atoms with E-state index in [2.05, 4.69) is 10.6 Å². The lowest BCUT2D eigenvalue weighted by molar-refractivity contribution is -0.151. The number of amides is 1. The van der Waals surface area contributed by atoms with E-state index in [1.165, 1.54) is 0 Å². The summed E-state index contributed by atoms with van der Waals surface area (Å²) < 4.78 is 0. The smallest absolute Gasteiger partial charge is 0.373 e. The van der Waals surface area contributed by atoms with Crippen molar-refractivity contribution in [1.29, 1.82) is 0 Å². The third-order valence-corrected chi connectivity index (χ3v) is 3.70. The number of hydrogen-bond acceptors (Lipinski definition) is 4. The van der Waals surface area contributed by atoms with Crippen molar-refractivity contribution in [3.63, 3.8) is 0 Å². The van der Waals surface area contributed by atoms with Gasteiger partial charge in [0.15, 0.2) is 0 Å². The molecule has 102 valence electrons. The molecule has 0 saturated carbocycles. The largest absolute Gasteiger partial charge is 0.475 e. The van der Waals surface area contributed by atoms with E-state index in [9.17, 15) is 14.4 Å². The van der Waals surface area contributed by atoms with Crippen LogP contribution in [0.2, 0.25) is 0 Å². The van der Waals surface area contributed by atoms with Crippen LogP contribution in [0.4, 0.5) is 0 Å². The summed E-state index contributed by atoms with van der Waals surface area (Å²) in [5.41, 5.74) is 1.19. The van der Waals surface area contributed by atoms with Gasteiger partial charge in [-0.3, -0.25) is 9.59 Å². The summed E-state index contributed by atoms with van der Waals surface area (Å²) in [6.07, 6.45) is 6.81. The first kappa shape index (κ1) is 12.4. The van der Waals surface area contributed by atoms with E-state index in [1.54, 1.807) is 31.2 Å². The second kappa shape index (κ2) is 3.93. The van der Waals surface area contributed by atoms with Gasteiger partial charge in [-0.2, -0.15) is 0 Å². The summed E-state index contributed by atoms with van der Waals surface area (Å²) in [5, 5.41) is 14.7. The van der Waals surface area contributed by atoms with Gasteiger partial charge in [0, 0.05) is 5.57 Å². The molecule has 0 bridgehead atoms. The van der Waals surface area contributed by atoms with E-state index < -0.39 is 17.2 Å².